The van der Waals surface area contributed by atoms with Crippen LogP contribution in [0.2, 0.25) is 0 Å². The smallest absolute Gasteiger partial charge is 0.268 e. The van der Waals surface area contributed by atoms with Crippen molar-refractivity contribution in [3.63, 3.8) is 0 Å². The minimum Gasteiger partial charge on any atom is -0.486 e. The van der Waals surface area contributed by atoms with E-state index in [2.05, 4.69) is 30.2 Å². The van der Waals surface area contributed by atoms with Gasteiger partial charge in [0.2, 0.25) is 11.1 Å². The fraction of sp³-hybridized carbons (Fsp3) is 0.158. The van der Waals surface area contributed by atoms with Gasteiger partial charge in [0.15, 0.2) is 11.5 Å². The van der Waals surface area contributed by atoms with E-state index >= 15 is 0 Å². The van der Waals surface area contributed by atoms with Crippen molar-refractivity contribution in [2.75, 3.05) is 13.2 Å². The molecule has 0 radical (unpaired) electrons. The summed E-state index contributed by atoms with van der Waals surface area (Å²) in [6, 6.07) is 7.65. The highest BCUT2D eigenvalue weighted by Crippen LogP contribution is 2.32. The molecule has 1 aliphatic rings. The third-order valence-electron chi connectivity index (χ3n) is 4.82. The second-order valence-electron chi connectivity index (χ2n) is 6.73. The molecule has 5 aromatic rings. The van der Waals surface area contributed by atoms with Crippen molar-refractivity contribution in [3.05, 3.63) is 58.9 Å². The van der Waals surface area contributed by atoms with Crippen LogP contribution < -0.4 is 15.0 Å². The maximum Gasteiger partial charge on any atom is 0.268 e. The third-order valence-corrected chi connectivity index (χ3v) is 5.73. The predicted octanol–water partition coefficient (Wildman–Crippen LogP) is 1.61. The molecule has 0 saturated carbocycles. The van der Waals surface area contributed by atoms with Crippen molar-refractivity contribution in [3.8, 4) is 17.4 Å². The number of hydrogen-bond donors (Lipinski definition) is 1. The number of thioether (sulfide) groups is 1. The molecule has 6 rings (SSSR count). The first-order valence-corrected chi connectivity index (χ1v) is 10.4. The average molecular weight is 434 g/mol. The van der Waals surface area contributed by atoms with Crippen LogP contribution in [0.25, 0.3) is 22.6 Å². The van der Waals surface area contributed by atoms with Gasteiger partial charge in [0.25, 0.3) is 11.3 Å². The Balaban J connectivity index is 1.32. The Morgan fingerprint density at radius 3 is 2.90 bits per heavy atom. The van der Waals surface area contributed by atoms with Crippen molar-refractivity contribution in [1.82, 2.24) is 39.3 Å². The molecular weight excluding hydrogens is 420 g/mol. The van der Waals surface area contributed by atoms with Crippen molar-refractivity contribution in [2.24, 2.45) is 0 Å². The maximum atomic E-state index is 12.9. The molecule has 31 heavy (non-hydrogen) atoms. The van der Waals surface area contributed by atoms with Gasteiger partial charge in [-0.05, 0) is 23.8 Å². The lowest BCUT2D eigenvalue weighted by molar-refractivity contribution is 0.171. The number of benzene rings is 1. The molecule has 0 spiro atoms. The monoisotopic (exact) mass is 434 g/mol. The summed E-state index contributed by atoms with van der Waals surface area (Å²) >= 11 is 1.48. The average Bonchev–Trinajstić information content (AvgIpc) is 3.48. The fourth-order valence-corrected chi connectivity index (χ4v) is 4.13. The summed E-state index contributed by atoms with van der Waals surface area (Å²) in [5.74, 6) is 2.93. The molecule has 0 aliphatic carbocycles. The Morgan fingerprint density at radius 2 is 2.03 bits per heavy atom. The number of ether oxygens (including phenoxy) is 2. The van der Waals surface area contributed by atoms with Crippen molar-refractivity contribution >= 4 is 28.4 Å². The van der Waals surface area contributed by atoms with E-state index in [1.165, 1.54) is 28.9 Å². The maximum absolute atomic E-state index is 12.9. The highest BCUT2D eigenvalue weighted by molar-refractivity contribution is 7.98. The zero-order valence-corrected chi connectivity index (χ0v) is 16.7. The van der Waals surface area contributed by atoms with Gasteiger partial charge < -0.3 is 9.47 Å². The number of nitrogens with zero attached hydrogens (tertiary/aromatic N) is 7. The predicted molar refractivity (Wildman–Crippen MR) is 111 cm³/mol. The Hall–Kier alpha value is -3.93. The van der Waals surface area contributed by atoms with Crippen LogP contribution in [0.4, 0.5) is 0 Å². The summed E-state index contributed by atoms with van der Waals surface area (Å²) < 4.78 is 14.1. The molecule has 0 amide bonds. The van der Waals surface area contributed by atoms with Crippen molar-refractivity contribution in [2.45, 2.75) is 10.9 Å². The van der Waals surface area contributed by atoms with E-state index in [1.54, 1.807) is 16.8 Å². The molecule has 0 bridgehead atoms. The van der Waals surface area contributed by atoms with Gasteiger partial charge in [0.05, 0.1) is 10.9 Å². The van der Waals surface area contributed by atoms with E-state index in [9.17, 15) is 4.79 Å². The number of hydrogen-bond acceptors (Lipinski definition) is 9. The van der Waals surface area contributed by atoms with Gasteiger partial charge in [-0.2, -0.15) is 19.6 Å². The van der Waals surface area contributed by atoms with Crippen LogP contribution in [-0.4, -0.2) is 52.5 Å². The number of nitrogens with one attached hydrogen (secondary N) is 1. The van der Waals surface area contributed by atoms with Gasteiger partial charge in [-0.1, -0.05) is 17.8 Å². The highest BCUT2D eigenvalue weighted by atomic mass is 32.2. The lowest BCUT2D eigenvalue weighted by Crippen LogP contribution is -2.19. The number of pyridine rings is 1. The SMILES string of the molecule is O=c1c2cnc3nc(SCc4ccc5c(c4)OCCO5)nn3c2ccn1-c1ncn[nH]1. The van der Waals surface area contributed by atoms with Crippen molar-refractivity contribution < 1.29 is 9.47 Å². The minimum atomic E-state index is -0.273. The van der Waals surface area contributed by atoms with E-state index in [0.717, 1.165) is 17.1 Å². The van der Waals surface area contributed by atoms with E-state index < -0.39 is 0 Å². The molecule has 0 atom stereocenters. The first-order valence-electron chi connectivity index (χ1n) is 9.40. The van der Waals surface area contributed by atoms with Crippen molar-refractivity contribution in [1.29, 1.82) is 0 Å². The third kappa shape index (κ3) is 3.08. The van der Waals surface area contributed by atoms with Crippen LogP contribution in [0.1, 0.15) is 5.56 Å². The van der Waals surface area contributed by atoms with Gasteiger partial charge in [-0.3, -0.25) is 9.36 Å². The number of H-pyrrole nitrogens is 1. The Labute approximate surface area is 178 Å². The number of aromatic nitrogens is 8. The summed E-state index contributed by atoms with van der Waals surface area (Å²) in [6.45, 7) is 1.12. The summed E-state index contributed by atoms with van der Waals surface area (Å²) in [6.07, 6.45) is 4.47. The second kappa shape index (κ2) is 7.09. The molecule has 1 aromatic carbocycles. The van der Waals surface area contributed by atoms with Crippen LogP contribution in [0.3, 0.4) is 0 Å². The first kappa shape index (κ1) is 17.9. The van der Waals surface area contributed by atoms with E-state index in [1.807, 2.05) is 18.2 Å². The van der Waals surface area contributed by atoms with Gasteiger partial charge in [-0.15, -0.1) is 5.10 Å². The molecule has 11 nitrogen and oxygen atoms in total. The van der Waals surface area contributed by atoms with Crippen LogP contribution in [0, 0.1) is 0 Å². The summed E-state index contributed by atoms with van der Waals surface area (Å²) in [4.78, 5) is 25.7. The topological polar surface area (TPSA) is 125 Å². The Kier molecular flexibility index (Phi) is 4.09. The molecule has 12 heteroatoms. The molecule has 5 heterocycles. The lowest BCUT2D eigenvalue weighted by Gasteiger charge is -2.18. The van der Waals surface area contributed by atoms with Crippen LogP contribution in [0.15, 0.2) is 52.9 Å². The molecule has 0 saturated heterocycles. The first-order chi connectivity index (χ1) is 15.3. The molecule has 1 aliphatic heterocycles. The van der Waals surface area contributed by atoms with Gasteiger partial charge in [-0.25, -0.2) is 10.1 Å². The van der Waals surface area contributed by atoms with Crippen LogP contribution in [-0.2, 0) is 5.75 Å². The molecule has 0 unspecified atom stereocenters. The largest absolute Gasteiger partial charge is 0.486 e. The zero-order chi connectivity index (χ0) is 20.8. The number of aromatic amines is 1. The van der Waals surface area contributed by atoms with Gasteiger partial charge >= 0.3 is 0 Å². The van der Waals surface area contributed by atoms with Crippen LogP contribution >= 0.6 is 11.8 Å². The number of fused-ring (bicyclic) bond motifs is 4. The molecular formula is C19H14N8O3S. The van der Waals surface area contributed by atoms with E-state index in [0.29, 0.717) is 46.8 Å². The Bertz CT molecular complexity index is 1480. The molecule has 4 aromatic heterocycles. The quantitative estimate of drug-likeness (QED) is 0.420. The van der Waals surface area contributed by atoms with E-state index in [4.69, 9.17) is 9.47 Å². The molecule has 154 valence electrons. The summed E-state index contributed by atoms with van der Waals surface area (Å²) in [5.41, 5.74) is 1.41. The van der Waals surface area contributed by atoms with Gasteiger partial charge in [0.1, 0.15) is 19.5 Å². The molecule has 1 N–H and O–H groups in total. The normalized spacial score (nSPS) is 13.2. The second-order valence-corrected chi connectivity index (χ2v) is 7.67. The standard InChI is InChI=1S/C19H14N8O3S/c28-16-12-8-20-17-23-19(31-9-11-1-2-14-15(7-11)30-6-5-29-14)25-27(17)13(12)3-4-26(16)18-21-10-22-24-18/h1-4,7-8,10H,5-6,9H2,(H,21,22,24). The van der Waals surface area contributed by atoms with E-state index in [-0.39, 0.29) is 5.56 Å². The minimum absolute atomic E-state index is 0.273. The molecule has 0 fully saturated rings. The highest BCUT2D eigenvalue weighted by Gasteiger charge is 2.15. The lowest BCUT2D eigenvalue weighted by atomic mass is 10.2. The van der Waals surface area contributed by atoms with Crippen LogP contribution in [0.5, 0.6) is 11.5 Å². The summed E-state index contributed by atoms with van der Waals surface area (Å²) in [5, 5.41) is 12.0. The number of rotatable bonds is 4. The van der Waals surface area contributed by atoms with Gasteiger partial charge in [0, 0.05) is 18.1 Å². The summed E-state index contributed by atoms with van der Waals surface area (Å²) in [7, 11) is 0. The fourth-order valence-electron chi connectivity index (χ4n) is 3.37. The Morgan fingerprint density at radius 1 is 1.13 bits per heavy atom. The zero-order valence-electron chi connectivity index (χ0n) is 15.9.